The van der Waals surface area contributed by atoms with Crippen LogP contribution in [0.15, 0.2) is 11.8 Å². The maximum Gasteiger partial charge on any atom is 0.232 e. The van der Waals surface area contributed by atoms with Crippen LogP contribution in [0.5, 0.6) is 0 Å². The minimum absolute atomic E-state index is 0.00139. The lowest BCUT2D eigenvalue weighted by atomic mass is 10.0. The van der Waals surface area contributed by atoms with E-state index in [-0.39, 0.29) is 23.5 Å². The van der Waals surface area contributed by atoms with Crippen LogP contribution in [0, 0.1) is 17.2 Å². The molecule has 2 amide bonds. The molecule has 2 heterocycles. The molecule has 5 nitrogen and oxygen atoms in total. The third kappa shape index (κ3) is 1.48. The first kappa shape index (κ1) is 9.71. The Hall–Kier alpha value is -1.83. The Morgan fingerprint density at radius 1 is 1.73 bits per heavy atom. The number of allylic oxidation sites excluding steroid dienone is 2. The van der Waals surface area contributed by atoms with Gasteiger partial charge in [-0.3, -0.25) is 9.59 Å². The minimum atomic E-state index is -0.574. The predicted molar refractivity (Wildman–Crippen MR) is 48.8 cm³/mol. The van der Waals surface area contributed by atoms with Crippen molar-refractivity contribution in [2.75, 3.05) is 0 Å². The summed E-state index contributed by atoms with van der Waals surface area (Å²) >= 11 is 0. The van der Waals surface area contributed by atoms with Crippen molar-refractivity contribution in [1.29, 1.82) is 5.26 Å². The first-order chi connectivity index (χ1) is 7.13. The number of amides is 2. The summed E-state index contributed by atoms with van der Waals surface area (Å²) in [6, 6.07) is 1.88. The van der Waals surface area contributed by atoms with Gasteiger partial charge < -0.3 is 4.74 Å². The summed E-state index contributed by atoms with van der Waals surface area (Å²) in [5.74, 6) is -0.354. The van der Waals surface area contributed by atoms with Gasteiger partial charge in [0.15, 0.2) is 12.0 Å². The summed E-state index contributed by atoms with van der Waals surface area (Å²) in [5, 5.41) is 8.67. The highest BCUT2D eigenvalue weighted by atomic mass is 16.5. The number of imide groups is 1. The van der Waals surface area contributed by atoms with Gasteiger partial charge in [0.2, 0.25) is 11.8 Å². The number of carbonyl (C=O) groups excluding carboxylic acids is 2. The summed E-state index contributed by atoms with van der Waals surface area (Å²) in [4.78, 5) is 23.8. The van der Waals surface area contributed by atoms with Crippen molar-refractivity contribution >= 4 is 11.8 Å². The fourth-order valence-corrected chi connectivity index (χ4v) is 1.99. The van der Waals surface area contributed by atoms with Crippen molar-refractivity contribution < 1.29 is 14.3 Å². The van der Waals surface area contributed by atoms with E-state index < -0.39 is 6.23 Å². The van der Waals surface area contributed by atoms with E-state index in [1.165, 1.54) is 6.92 Å². The maximum absolute atomic E-state index is 11.5. The second-order valence-electron chi connectivity index (χ2n) is 3.67. The molecule has 15 heavy (non-hydrogen) atoms. The number of nitrogens with zero attached hydrogens (tertiary/aromatic N) is 2. The van der Waals surface area contributed by atoms with Gasteiger partial charge in [-0.1, -0.05) is 0 Å². The summed E-state index contributed by atoms with van der Waals surface area (Å²) in [7, 11) is 0. The predicted octanol–water partition coefficient (Wildman–Crippen LogP) is 0.535. The van der Waals surface area contributed by atoms with Crippen LogP contribution >= 0.6 is 0 Å². The van der Waals surface area contributed by atoms with Crippen molar-refractivity contribution in [3.8, 4) is 6.07 Å². The molecule has 0 aromatic heterocycles. The van der Waals surface area contributed by atoms with Gasteiger partial charge in [0.05, 0.1) is 0 Å². The summed E-state index contributed by atoms with van der Waals surface area (Å²) < 4.78 is 5.29. The van der Waals surface area contributed by atoms with E-state index in [2.05, 4.69) is 0 Å². The van der Waals surface area contributed by atoms with E-state index in [0.717, 1.165) is 4.90 Å². The van der Waals surface area contributed by atoms with Crippen LogP contribution in [-0.2, 0) is 14.3 Å². The van der Waals surface area contributed by atoms with Crippen LogP contribution in [0.2, 0.25) is 0 Å². The Kier molecular flexibility index (Phi) is 2.19. The number of hydrogen-bond acceptors (Lipinski definition) is 4. The second kappa shape index (κ2) is 3.39. The van der Waals surface area contributed by atoms with Gasteiger partial charge in [-0.2, -0.15) is 5.26 Å². The van der Waals surface area contributed by atoms with E-state index in [9.17, 15) is 9.59 Å². The summed E-state index contributed by atoms with van der Waals surface area (Å²) in [5.41, 5.74) is 0. The molecule has 0 unspecified atom stereocenters. The van der Waals surface area contributed by atoms with Gasteiger partial charge in [-0.15, -0.1) is 0 Å². The van der Waals surface area contributed by atoms with Crippen LogP contribution in [0.25, 0.3) is 0 Å². The average molecular weight is 206 g/mol. The van der Waals surface area contributed by atoms with E-state index in [1.807, 2.05) is 6.07 Å². The van der Waals surface area contributed by atoms with E-state index >= 15 is 0 Å². The molecule has 0 spiro atoms. The molecular formula is C10H10N2O3. The monoisotopic (exact) mass is 206 g/mol. The Morgan fingerprint density at radius 2 is 2.47 bits per heavy atom. The van der Waals surface area contributed by atoms with Gasteiger partial charge in [0.25, 0.3) is 0 Å². The molecule has 0 saturated carbocycles. The maximum atomic E-state index is 11.5. The van der Waals surface area contributed by atoms with Gasteiger partial charge >= 0.3 is 0 Å². The molecule has 0 radical (unpaired) electrons. The SMILES string of the molecule is CC(=O)N1C(=O)C[C@@H]2CC=C(C#N)O[C@H]21. The summed E-state index contributed by atoms with van der Waals surface area (Å²) in [6.07, 6.45) is 2.02. The van der Waals surface area contributed by atoms with E-state index in [4.69, 9.17) is 10.00 Å². The summed E-state index contributed by atoms with van der Waals surface area (Å²) in [6.45, 7) is 1.33. The number of rotatable bonds is 0. The average Bonchev–Trinajstić information content (AvgIpc) is 2.52. The molecule has 1 saturated heterocycles. The molecule has 0 bridgehead atoms. The smallest absolute Gasteiger partial charge is 0.232 e. The molecule has 0 aromatic carbocycles. The quantitative estimate of drug-likeness (QED) is 0.579. The number of carbonyl (C=O) groups is 2. The van der Waals surface area contributed by atoms with Gasteiger partial charge in [0, 0.05) is 19.3 Å². The zero-order chi connectivity index (χ0) is 11.0. The molecule has 0 aromatic rings. The second-order valence-corrected chi connectivity index (χ2v) is 3.67. The molecule has 2 aliphatic rings. The standard InChI is InChI=1S/C10H10N2O3/c1-6(13)12-9(14)4-7-2-3-8(5-11)15-10(7)12/h3,7,10H,2,4H2,1H3/t7-,10+/m0/s1. The van der Waals surface area contributed by atoms with Crippen molar-refractivity contribution in [3.63, 3.8) is 0 Å². The number of nitriles is 1. The van der Waals surface area contributed by atoms with E-state index in [0.29, 0.717) is 12.8 Å². The normalized spacial score (nSPS) is 28.9. The zero-order valence-corrected chi connectivity index (χ0v) is 8.27. The lowest BCUT2D eigenvalue weighted by Gasteiger charge is -2.28. The molecule has 5 heteroatoms. The molecule has 2 rings (SSSR count). The van der Waals surface area contributed by atoms with Crippen molar-refractivity contribution in [1.82, 2.24) is 4.90 Å². The molecule has 2 aliphatic heterocycles. The molecule has 1 fully saturated rings. The topological polar surface area (TPSA) is 70.4 Å². The van der Waals surface area contributed by atoms with E-state index in [1.54, 1.807) is 6.08 Å². The highest BCUT2D eigenvalue weighted by molar-refractivity contribution is 5.96. The molecule has 0 N–H and O–H groups in total. The highest BCUT2D eigenvalue weighted by Crippen LogP contribution is 2.34. The number of hydrogen-bond donors (Lipinski definition) is 0. The molecule has 78 valence electrons. The van der Waals surface area contributed by atoms with Crippen molar-refractivity contribution in [2.24, 2.45) is 5.92 Å². The zero-order valence-electron chi connectivity index (χ0n) is 8.27. The van der Waals surface area contributed by atoms with Crippen LogP contribution in [0.3, 0.4) is 0 Å². The molecular weight excluding hydrogens is 196 g/mol. The Labute approximate surface area is 86.9 Å². The van der Waals surface area contributed by atoms with Crippen molar-refractivity contribution in [2.45, 2.75) is 26.0 Å². The number of fused-ring (bicyclic) bond motifs is 1. The molecule has 0 aliphatic carbocycles. The third-order valence-corrected chi connectivity index (χ3v) is 2.67. The fraction of sp³-hybridized carbons (Fsp3) is 0.500. The number of likely N-dealkylation sites (tertiary alicyclic amines) is 1. The van der Waals surface area contributed by atoms with Gasteiger partial charge in [-0.25, -0.2) is 4.90 Å². The lowest BCUT2D eigenvalue weighted by molar-refractivity contribution is -0.150. The van der Waals surface area contributed by atoms with Crippen LogP contribution < -0.4 is 0 Å². The molecule has 2 atom stereocenters. The number of ether oxygens (including phenoxy) is 1. The Morgan fingerprint density at radius 3 is 3.07 bits per heavy atom. The highest BCUT2D eigenvalue weighted by Gasteiger charge is 2.45. The minimum Gasteiger partial charge on any atom is -0.460 e. The first-order valence-electron chi connectivity index (χ1n) is 4.73. The Balaban J connectivity index is 2.25. The van der Waals surface area contributed by atoms with Gasteiger partial charge in [-0.05, 0) is 12.5 Å². The first-order valence-corrected chi connectivity index (χ1v) is 4.73. The van der Waals surface area contributed by atoms with Crippen LogP contribution in [0.1, 0.15) is 19.8 Å². The fourth-order valence-electron chi connectivity index (χ4n) is 1.99. The Bertz CT molecular complexity index is 394. The van der Waals surface area contributed by atoms with Crippen LogP contribution in [-0.4, -0.2) is 22.9 Å². The third-order valence-electron chi connectivity index (χ3n) is 2.67. The van der Waals surface area contributed by atoms with Crippen LogP contribution in [0.4, 0.5) is 0 Å². The largest absolute Gasteiger partial charge is 0.460 e. The van der Waals surface area contributed by atoms with Crippen molar-refractivity contribution in [3.05, 3.63) is 11.8 Å². The van der Waals surface area contributed by atoms with Gasteiger partial charge in [0.1, 0.15) is 6.07 Å². The lowest BCUT2D eigenvalue weighted by Crippen LogP contribution is -2.41.